The molecule has 0 saturated carbocycles. The molecule has 29 heavy (non-hydrogen) atoms. The summed E-state index contributed by atoms with van der Waals surface area (Å²) in [6.07, 6.45) is 3.55. The maximum atomic E-state index is 14.6. The fourth-order valence-corrected chi connectivity index (χ4v) is 2.72. The van der Waals surface area contributed by atoms with Crippen LogP contribution in [0.1, 0.15) is 18.9 Å². The third kappa shape index (κ3) is 5.26. The minimum atomic E-state index is -0.328. The molecule has 1 aromatic heterocycles. The predicted octanol–water partition coefficient (Wildman–Crippen LogP) is 2.57. The lowest BCUT2D eigenvalue weighted by Gasteiger charge is -2.31. The molecule has 8 nitrogen and oxygen atoms in total. The first-order chi connectivity index (χ1) is 14.1. The van der Waals surface area contributed by atoms with Crippen molar-refractivity contribution in [2.75, 3.05) is 38.3 Å². The van der Waals surface area contributed by atoms with Gasteiger partial charge in [0.1, 0.15) is 12.4 Å². The van der Waals surface area contributed by atoms with Gasteiger partial charge in [-0.25, -0.2) is 14.4 Å². The van der Waals surface area contributed by atoms with E-state index < -0.39 is 0 Å². The Hall–Kier alpha value is -3.07. The fraction of sp³-hybridized carbons (Fsp3) is 0.400. The van der Waals surface area contributed by atoms with Gasteiger partial charge < -0.3 is 19.2 Å². The molecule has 0 unspecified atom stereocenters. The summed E-state index contributed by atoms with van der Waals surface area (Å²) in [5, 5.41) is 4.00. The molecule has 1 saturated heterocycles. The van der Waals surface area contributed by atoms with Crippen molar-refractivity contribution in [3.8, 4) is 11.1 Å². The Morgan fingerprint density at radius 3 is 2.69 bits per heavy atom. The van der Waals surface area contributed by atoms with Crippen LogP contribution in [-0.2, 0) is 25.7 Å². The number of aromatic nitrogens is 2. The number of methoxy groups -OCH3 is 1. The molecule has 0 atom stereocenters. The van der Waals surface area contributed by atoms with Crippen LogP contribution in [0.2, 0.25) is 0 Å². The number of oxime groups is 1. The number of ether oxygens (including phenoxy) is 2. The van der Waals surface area contributed by atoms with E-state index in [2.05, 4.69) is 15.1 Å². The maximum absolute atomic E-state index is 14.6. The van der Waals surface area contributed by atoms with Gasteiger partial charge in [0, 0.05) is 42.6 Å². The van der Waals surface area contributed by atoms with E-state index in [4.69, 9.17) is 14.3 Å². The molecular weight excluding hydrogens is 379 g/mol. The van der Waals surface area contributed by atoms with Crippen molar-refractivity contribution >= 4 is 17.6 Å². The quantitative estimate of drug-likeness (QED) is 0.362. The number of esters is 1. The molecule has 1 fully saturated rings. The van der Waals surface area contributed by atoms with Gasteiger partial charge in [-0.2, -0.15) is 0 Å². The second-order valence-corrected chi connectivity index (χ2v) is 6.40. The SMILES string of the molecule is CCC(=O)OCCON=C1CN(c2ncc(-c3cccc(COC)c3F)cn2)C1. The van der Waals surface area contributed by atoms with Gasteiger partial charge in [-0.05, 0) is 0 Å². The Kier molecular flexibility index (Phi) is 7.07. The summed E-state index contributed by atoms with van der Waals surface area (Å²) in [7, 11) is 1.53. The summed E-state index contributed by atoms with van der Waals surface area (Å²) in [5.74, 6) is -0.0502. The average molecular weight is 402 g/mol. The average Bonchev–Trinajstić information content (AvgIpc) is 2.71. The first-order valence-electron chi connectivity index (χ1n) is 9.29. The number of carbonyl (C=O) groups is 1. The summed E-state index contributed by atoms with van der Waals surface area (Å²) in [4.78, 5) is 26.7. The largest absolute Gasteiger partial charge is 0.462 e. The number of nitrogens with zero attached hydrogens (tertiary/aromatic N) is 4. The molecule has 0 bridgehead atoms. The Balaban J connectivity index is 1.52. The molecule has 0 amide bonds. The highest BCUT2D eigenvalue weighted by atomic mass is 19.1. The minimum absolute atomic E-state index is 0.180. The van der Waals surface area contributed by atoms with E-state index in [1.807, 2.05) is 4.90 Å². The molecule has 0 aliphatic carbocycles. The van der Waals surface area contributed by atoms with Crippen molar-refractivity contribution in [3.63, 3.8) is 0 Å². The molecular formula is C20H23FN4O4. The molecule has 1 aliphatic rings. The molecule has 2 aromatic rings. The first-order valence-corrected chi connectivity index (χ1v) is 9.29. The zero-order chi connectivity index (χ0) is 20.6. The van der Waals surface area contributed by atoms with Crippen molar-refractivity contribution in [1.29, 1.82) is 0 Å². The molecule has 9 heteroatoms. The Morgan fingerprint density at radius 2 is 2.00 bits per heavy atom. The van der Waals surface area contributed by atoms with Crippen LogP contribution in [0, 0.1) is 5.82 Å². The van der Waals surface area contributed by atoms with Crippen LogP contribution in [0.5, 0.6) is 0 Å². The summed E-state index contributed by atoms with van der Waals surface area (Å²) >= 11 is 0. The number of benzene rings is 1. The second-order valence-electron chi connectivity index (χ2n) is 6.40. The molecule has 0 N–H and O–H groups in total. The van der Waals surface area contributed by atoms with E-state index in [0.29, 0.717) is 42.1 Å². The molecule has 1 aliphatic heterocycles. The zero-order valence-electron chi connectivity index (χ0n) is 16.4. The summed E-state index contributed by atoms with van der Waals surface area (Å²) in [5.41, 5.74) is 2.37. The highest BCUT2D eigenvalue weighted by Gasteiger charge is 2.25. The number of halogens is 1. The number of rotatable bonds is 9. The summed E-state index contributed by atoms with van der Waals surface area (Å²) in [6, 6.07) is 5.16. The van der Waals surface area contributed by atoms with Gasteiger partial charge in [0.25, 0.3) is 0 Å². The minimum Gasteiger partial charge on any atom is -0.462 e. The van der Waals surface area contributed by atoms with Crippen LogP contribution in [0.15, 0.2) is 35.7 Å². The topological polar surface area (TPSA) is 86.1 Å². The van der Waals surface area contributed by atoms with Crippen LogP contribution in [-0.4, -0.2) is 55.1 Å². The van der Waals surface area contributed by atoms with E-state index >= 15 is 0 Å². The lowest BCUT2D eigenvalue weighted by molar-refractivity contribution is -0.144. The van der Waals surface area contributed by atoms with E-state index in [-0.39, 0.29) is 31.6 Å². The zero-order valence-corrected chi connectivity index (χ0v) is 16.4. The molecule has 2 heterocycles. The monoisotopic (exact) mass is 402 g/mol. The van der Waals surface area contributed by atoms with Crippen molar-refractivity contribution in [2.24, 2.45) is 5.16 Å². The first kappa shape index (κ1) is 20.7. The van der Waals surface area contributed by atoms with Gasteiger partial charge in [0.2, 0.25) is 5.95 Å². The lowest BCUT2D eigenvalue weighted by atomic mass is 10.1. The standard InChI is InChI=1S/C20H23FN4O4/c1-3-18(26)28-7-8-29-24-16-11-25(12-16)20-22-9-15(10-23-20)17-6-4-5-14(13-27-2)19(17)21/h4-6,9-10H,3,7-8,11-13H2,1-2H3. The number of hydrogen-bond acceptors (Lipinski definition) is 8. The molecule has 3 rings (SSSR count). The Labute approximate surface area is 168 Å². The third-order valence-corrected chi connectivity index (χ3v) is 4.28. The normalized spacial score (nSPS) is 13.1. The van der Waals surface area contributed by atoms with Gasteiger partial charge in [0.15, 0.2) is 6.61 Å². The fourth-order valence-electron chi connectivity index (χ4n) is 2.72. The summed E-state index contributed by atoms with van der Waals surface area (Å²) in [6.45, 7) is 3.43. The van der Waals surface area contributed by atoms with Crippen LogP contribution < -0.4 is 4.90 Å². The van der Waals surface area contributed by atoms with Gasteiger partial charge in [-0.1, -0.05) is 30.3 Å². The van der Waals surface area contributed by atoms with Crippen molar-refractivity contribution in [3.05, 3.63) is 42.0 Å². The lowest BCUT2D eigenvalue weighted by Crippen LogP contribution is -2.48. The van der Waals surface area contributed by atoms with Crippen molar-refractivity contribution < 1.29 is 23.5 Å². The van der Waals surface area contributed by atoms with Gasteiger partial charge in [-0.3, -0.25) is 4.79 Å². The summed E-state index contributed by atoms with van der Waals surface area (Å²) < 4.78 is 24.5. The Bertz CT molecular complexity index is 865. The number of anilines is 1. The smallest absolute Gasteiger partial charge is 0.305 e. The van der Waals surface area contributed by atoms with E-state index in [1.54, 1.807) is 37.5 Å². The van der Waals surface area contributed by atoms with Crippen LogP contribution in [0.3, 0.4) is 0 Å². The van der Waals surface area contributed by atoms with Crippen LogP contribution >= 0.6 is 0 Å². The van der Waals surface area contributed by atoms with Crippen molar-refractivity contribution in [1.82, 2.24) is 9.97 Å². The second kappa shape index (κ2) is 9.92. The number of carbonyl (C=O) groups excluding carboxylic acids is 1. The van der Waals surface area contributed by atoms with Gasteiger partial charge >= 0.3 is 5.97 Å². The molecule has 0 spiro atoms. The van der Waals surface area contributed by atoms with Crippen LogP contribution in [0.4, 0.5) is 10.3 Å². The van der Waals surface area contributed by atoms with E-state index in [1.165, 1.54) is 7.11 Å². The predicted molar refractivity (Wildman–Crippen MR) is 105 cm³/mol. The highest BCUT2D eigenvalue weighted by Crippen LogP contribution is 2.25. The van der Waals surface area contributed by atoms with Gasteiger partial charge in [0.05, 0.1) is 25.4 Å². The third-order valence-electron chi connectivity index (χ3n) is 4.28. The maximum Gasteiger partial charge on any atom is 0.305 e. The highest BCUT2D eigenvalue weighted by molar-refractivity contribution is 5.98. The molecule has 0 radical (unpaired) electrons. The van der Waals surface area contributed by atoms with Crippen LogP contribution in [0.25, 0.3) is 11.1 Å². The van der Waals surface area contributed by atoms with E-state index in [9.17, 15) is 9.18 Å². The van der Waals surface area contributed by atoms with Gasteiger partial charge in [-0.15, -0.1) is 0 Å². The van der Waals surface area contributed by atoms with E-state index in [0.717, 1.165) is 5.71 Å². The molecule has 154 valence electrons. The molecule has 1 aromatic carbocycles. The van der Waals surface area contributed by atoms with Crippen molar-refractivity contribution in [2.45, 2.75) is 20.0 Å². The Morgan fingerprint density at radius 1 is 1.24 bits per heavy atom. The number of hydrogen-bond donors (Lipinski definition) is 0.